The molecular weight excluding hydrogens is 410 g/mol. The van der Waals surface area contributed by atoms with E-state index in [1.807, 2.05) is 24.5 Å². The van der Waals surface area contributed by atoms with Crippen molar-refractivity contribution >= 4 is 8.32 Å². The second-order valence-electron chi connectivity index (χ2n) is 10.8. The van der Waals surface area contributed by atoms with E-state index < -0.39 is 8.32 Å². The molecule has 0 bridgehead atoms. The highest BCUT2D eigenvalue weighted by Gasteiger charge is 2.39. The molecule has 0 saturated carbocycles. The highest BCUT2D eigenvalue weighted by Crippen LogP contribution is 2.39. The Kier molecular flexibility index (Phi) is 7.64. The highest BCUT2D eigenvalue weighted by atomic mass is 28.4. The van der Waals surface area contributed by atoms with Gasteiger partial charge < -0.3 is 4.43 Å². The molecule has 1 aromatic heterocycles. The van der Waals surface area contributed by atoms with E-state index in [2.05, 4.69) is 99.4 Å². The monoisotopic (exact) mass is 451 g/mol. The Morgan fingerprint density at radius 2 is 1.84 bits per heavy atom. The number of nitrogens with zero attached hydrogens (tertiary/aromatic N) is 3. The van der Waals surface area contributed by atoms with Gasteiger partial charge >= 0.3 is 0 Å². The fourth-order valence-corrected chi connectivity index (χ4v) is 5.34. The Bertz CT molecular complexity index is 893. The van der Waals surface area contributed by atoms with Gasteiger partial charge in [0.25, 0.3) is 0 Å². The fraction of sp³-hybridized carbons (Fsp3) is 0.519. The molecule has 32 heavy (non-hydrogen) atoms. The lowest BCUT2D eigenvalue weighted by molar-refractivity contribution is 0.0305. The maximum atomic E-state index is 6.66. The molecule has 3 atom stereocenters. The molecule has 1 fully saturated rings. The van der Waals surface area contributed by atoms with Crippen molar-refractivity contribution in [2.75, 3.05) is 19.6 Å². The first kappa shape index (κ1) is 24.7. The molecule has 4 nitrogen and oxygen atoms in total. The molecule has 174 valence electrons. The van der Waals surface area contributed by atoms with Crippen LogP contribution in [0.2, 0.25) is 18.1 Å². The third-order valence-corrected chi connectivity index (χ3v) is 11.6. The fourth-order valence-electron chi connectivity index (χ4n) is 4.31. The molecule has 0 aliphatic carbocycles. The first-order valence-electron chi connectivity index (χ1n) is 11.8. The molecule has 2 aromatic rings. The molecule has 0 radical (unpaired) electrons. The Hall–Kier alpha value is -1.95. The standard InChI is InChI=1S/C27H41N3OSi/c1-9-16-29-19-22(3)30(20-21(29)2)26(24-13-11-15-28-18-24)23-12-10-14-25(17-23)31-32(7,8)27(4,5)6/h9-15,17-18,21-22,26H,1,16,19-20H2,2-8H3/t21-,22+,26+/m1/s1. The van der Waals surface area contributed by atoms with E-state index in [9.17, 15) is 0 Å². The van der Waals surface area contributed by atoms with Gasteiger partial charge in [-0.25, -0.2) is 0 Å². The van der Waals surface area contributed by atoms with E-state index in [4.69, 9.17) is 4.43 Å². The zero-order valence-corrected chi connectivity index (χ0v) is 22.0. The normalized spacial score (nSPS) is 21.8. The molecule has 5 heteroatoms. The molecular formula is C27H41N3OSi. The summed E-state index contributed by atoms with van der Waals surface area (Å²) in [5, 5.41) is 0.164. The SMILES string of the molecule is C=CCN1C[C@H](C)N([C@H](c2cccnc2)c2cccc(O[Si](C)(C)C(C)(C)C)c2)C[C@H]1C. The minimum atomic E-state index is -1.91. The highest BCUT2D eigenvalue weighted by molar-refractivity contribution is 6.74. The van der Waals surface area contributed by atoms with Gasteiger partial charge in [-0.05, 0) is 61.3 Å². The molecule has 3 rings (SSSR count). The topological polar surface area (TPSA) is 28.6 Å². The van der Waals surface area contributed by atoms with Gasteiger partial charge in [0, 0.05) is 44.1 Å². The first-order valence-corrected chi connectivity index (χ1v) is 14.7. The zero-order valence-electron chi connectivity index (χ0n) is 21.0. The molecule has 1 aromatic carbocycles. The third-order valence-electron chi connectivity index (χ3n) is 7.21. The van der Waals surface area contributed by atoms with E-state index in [0.29, 0.717) is 12.1 Å². The van der Waals surface area contributed by atoms with Crippen LogP contribution in [-0.4, -0.2) is 54.8 Å². The van der Waals surface area contributed by atoms with Crippen molar-refractivity contribution < 1.29 is 4.43 Å². The van der Waals surface area contributed by atoms with Crippen LogP contribution in [0.3, 0.4) is 0 Å². The van der Waals surface area contributed by atoms with Crippen LogP contribution in [-0.2, 0) is 0 Å². The molecule has 1 aliphatic rings. The Morgan fingerprint density at radius 3 is 2.47 bits per heavy atom. The maximum Gasteiger partial charge on any atom is 0.250 e. The van der Waals surface area contributed by atoms with Crippen LogP contribution in [0.5, 0.6) is 5.75 Å². The molecule has 2 heterocycles. The van der Waals surface area contributed by atoms with Gasteiger partial charge in [-0.3, -0.25) is 14.8 Å². The maximum absolute atomic E-state index is 6.66. The summed E-state index contributed by atoms with van der Waals surface area (Å²) in [5.74, 6) is 0.981. The summed E-state index contributed by atoms with van der Waals surface area (Å²) in [7, 11) is -1.91. The van der Waals surface area contributed by atoms with Crippen LogP contribution in [0, 0.1) is 0 Å². The number of hydrogen-bond donors (Lipinski definition) is 0. The van der Waals surface area contributed by atoms with E-state index in [-0.39, 0.29) is 11.1 Å². The minimum absolute atomic E-state index is 0.148. The van der Waals surface area contributed by atoms with Crippen LogP contribution >= 0.6 is 0 Å². The van der Waals surface area contributed by atoms with Gasteiger partial charge in [0.05, 0.1) is 6.04 Å². The molecule has 0 amide bonds. The van der Waals surface area contributed by atoms with Gasteiger partial charge in [0.1, 0.15) is 5.75 Å². The van der Waals surface area contributed by atoms with Crippen molar-refractivity contribution in [3.8, 4) is 5.75 Å². The van der Waals surface area contributed by atoms with Gasteiger partial charge in [-0.2, -0.15) is 0 Å². The number of hydrogen-bond acceptors (Lipinski definition) is 4. The molecule has 0 spiro atoms. The molecule has 1 aliphatic heterocycles. The summed E-state index contributed by atoms with van der Waals surface area (Å²) in [6.45, 7) is 23.0. The van der Waals surface area contributed by atoms with Crippen LogP contribution in [0.25, 0.3) is 0 Å². The number of benzene rings is 1. The minimum Gasteiger partial charge on any atom is -0.543 e. The second-order valence-corrected chi connectivity index (χ2v) is 15.5. The Balaban J connectivity index is 1.97. The van der Waals surface area contributed by atoms with Crippen molar-refractivity contribution in [1.29, 1.82) is 0 Å². The van der Waals surface area contributed by atoms with E-state index in [0.717, 1.165) is 25.4 Å². The molecule has 1 saturated heterocycles. The van der Waals surface area contributed by atoms with Crippen LogP contribution in [0.15, 0.2) is 61.4 Å². The van der Waals surface area contributed by atoms with Crippen molar-refractivity contribution in [3.63, 3.8) is 0 Å². The smallest absolute Gasteiger partial charge is 0.250 e. The van der Waals surface area contributed by atoms with Gasteiger partial charge in [-0.15, -0.1) is 6.58 Å². The lowest BCUT2D eigenvalue weighted by atomic mass is 9.94. The van der Waals surface area contributed by atoms with Crippen LogP contribution in [0.1, 0.15) is 51.8 Å². The Morgan fingerprint density at radius 1 is 1.12 bits per heavy atom. The lowest BCUT2D eigenvalue weighted by Gasteiger charge is -2.47. The first-order chi connectivity index (χ1) is 15.0. The quantitative estimate of drug-likeness (QED) is 0.374. The zero-order chi connectivity index (χ0) is 23.5. The summed E-state index contributed by atoms with van der Waals surface area (Å²) < 4.78 is 6.66. The predicted molar refractivity (Wildman–Crippen MR) is 138 cm³/mol. The van der Waals surface area contributed by atoms with Gasteiger partial charge in [0.2, 0.25) is 8.32 Å². The summed E-state index contributed by atoms with van der Waals surface area (Å²) in [6, 6.07) is 14.0. The Labute approximate surface area is 196 Å². The summed E-state index contributed by atoms with van der Waals surface area (Å²) in [5.41, 5.74) is 2.50. The van der Waals surface area contributed by atoms with E-state index in [1.54, 1.807) is 0 Å². The van der Waals surface area contributed by atoms with Crippen molar-refractivity contribution in [2.24, 2.45) is 0 Å². The van der Waals surface area contributed by atoms with Crippen LogP contribution in [0.4, 0.5) is 0 Å². The average molecular weight is 452 g/mol. The number of pyridine rings is 1. The van der Waals surface area contributed by atoms with Gasteiger partial charge in [0.15, 0.2) is 0 Å². The third kappa shape index (κ3) is 5.51. The van der Waals surface area contributed by atoms with Crippen molar-refractivity contribution in [3.05, 3.63) is 72.6 Å². The number of aromatic nitrogens is 1. The number of piperazine rings is 1. The second kappa shape index (κ2) is 9.90. The summed E-state index contributed by atoms with van der Waals surface area (Å²) >= 11 is 0. The van der Waals surface area contributed by atoms with E-state index >= 15 is 0 Å². The number of rotatable bonds is 7. The summed E-state index contributed by atoms with van der Waals surface area (Å²) in [4.78, 5) is 9.60. The molecule has 0 N–H and O–H groups in total. The largest absolute Gasteiger partial charge is 0.543 e. The van der Waals surface area contributed by atoms with Crippen molar-refractivity contribution in [1.82, 2.24) is 14.8 Å². The average Bonchev–Trinajstić information content (AvgIpc) is 2.72. The van der Waals surface area contributed by atoms with Crippen LogP contribution < -0.4 is 4.43 Å². The lowest BCUT2D eigenvalue weighted by Crippen LogP contribution is -2.57. The van der Waals surface area contributed by atoms with Gasteiger partial charge in [-0.1, -0.05) is 45.0 Å². The predicted octanol–water partition coefficient (Wildman–Crippen LogP) is 6.14. The van der Waals surface area contributed by atoms with E-state index in [1.165, 1.54) is 11.1 Å². The summed E-state index contributed by atoms with van der Waals surface area (Å²) in [6.07, 6.45) is 5.88. The molecule has 0 unspecified atom stereocenters. The van der Waals surface area contributed by atoms with Crippen molar-refractivity contribution in [2.45, 2.75) is 70.9 Å².